The lowest BCUT2D eigenvalue weighted by Gasteiger charge is -2.28. The molecular formula is C48H36N2O. The molecule has 2 aromatic heterocycles. The zero-order chi connectivity index (χ0) is 34.3. The predicted molar refractivity (Wildman–Crippen MR) is 213 cm³/mol. The molecule has 0 saturated carbocycles. The molecule has 1 aliphatic rings. The Hall–Kier alpha value is -6.32. The lowest BCUT2D eigenvalue weighted by molar-refractivity contribution is 0.660. The fourth-order valence-electron chi connectivity index (χ4n) is 8.45. The summed E-state index contributed by atoms with van der Waals surface area (Å²) >= 11 is 0. The highest BCUT2D eigenvalue weighted by Crippen LogP contribution is 2.51. The first kappa shape index (κ1) is 29.6. The number of rotatable bonds is 5. The first-order valence-electron chi connectivity index (χ1n) is 17.7. The van der Waals surface area contributed by atoms with E-state index in [1.54, 1.807) is 0 Å². The lowest BCUT2D eigenvalue weighted by Crippen LogP contribution is -2.16. The van der Waals surface area contributed by atoms with Gasteiger partial charge in [0.05, 0.1) is 5.52 Å². The van der Waals surface area contributed by atoms with Gasteiger partial charge in [0.1, 0.15) is 11.1 Å². The largest absolute Gasteiger partial charge is 0.454 e. The number of aromatic nitrogens is 1. The van der Waals surface area contributed by atoms with E-state index < -0.39 is 0 Å². The summed E-state index contributed by atoms with van der Waals surface area (Å²) in [5.41, 5.74) is 17.5. The Bertz CT molecular complexity index is 2790. The summed E-state index contributed by atoms with van der Waals surface area (Å²) in [6.45, 7) is 6.91. The van der Waals surface area contributed by atoms with E-state index in [0.717, 1.165) is 55.7 Å². The summed E-state index contributed by atoms with van der Waals surface area (Å²) in [6.07, 6.45) is 0. The number of furan rings is 1. The average Bonchev–Trinajstić information content (AvgIpc) is 3.77. The third-order valence-electron chi connectivity index (χ3n) is 10.9. The van der Waals surface area contributed by atoms with Crippen LogP contribution in [0.3, 0.4) is 0 Å². The maximum Gasteiger partial charge on any atom is 0.161 e. The van der Waals surface area contributed by atoms with Gasteiger partial charge in [0.15, 0.2) is 5.58 Å². The second-order valence-electron chi connectivity index (χ2n) is 14.2. The molecule has 51 heavy (non-hydrogen) atoms. The Morgan fingerprint density at radius 2 is 1.20 bits per heavy atom. The Kier molecular flexibility index (Phi) is 6.44. The van der Waals surface area contributed by atoms with Crippen LogP contribution in [0.2, 0.25) is 0 Å². The molecule has 0 atom stereocenters. The quantitative estimate of drug-likeness (QED) is 0.184. The summed E-state index contributed by atoms with van der Waals surface area (Å²) in [7, 11) is 0. The third kappa shape index (κ3) is 4.44. The molecule has 0 amide bonds. The molecule has 0 unspecified atom stereocenters. The zero-order valence-corrected chi connectivity index (χ0v) is 28.9. The minimum absolute atomic E-state index is 0.0760. The molecule has 3 heteroatoms. The minimum Gasteiger partial charge on any atom is -0.454 e. The van der Waals surface area contributed by atoms with Crippen molar-refractivity contribution in [3.8, 4) is 27.9 Å². The van der Waals surface area contributed by atoms with Gasteiger partial charge in [0, 0.05) is 38.9 Å². The molecule has 0 saturated heterocycles. The smallest absolute Gasteiger partial charge is 0.161 e. The Balaban J connectivity index is 1.10. The molecule has 0 spiro atoms. The van der Waals surface area contributed by atoms with E-state index in [1.807, 2.05) is 6.07 Å². The van der Waals surface area contributed by atoms with E-state index in [0.29, 0.717) is 0 Å². The van der Waals surface area contributed by atoms with Crippen molar-refractivity contribution in [2.24, 2.45) is 0 Å². The molecule has 244 valence electrons. The summed E-state index contributed by atoms with van der Waals surface area (Å²) in [6, 6.07) is 59.1. The summed E-state index contributed by atoms with van der Waals surface area (Å²) < 4.78 is 8.91. The molecular weight excluding hydrogens is 621 g/mol. The summed E-state index contributed by atoms with van der Waals surface area (Å²) in [4.78, 5) is 2.39. The van der Waals surface area contributed by atoms with E-state index >= 15 is 0 Å². The van der Waals surface area contributed by atoms with Crippen LogP contribution in [0.5, 0.6) is 0 Å². The van der Waals surface area contributed by atoms with Gasteiger partial charge in [-0.05, 0) is 119 Å². The molecule has 0 fully saturated rings. The number of fused-ring (bicyclic) bond motifs is 8. The molecule has 0 bridgehead atoms. The predicted octanol–water partition coefficient (Wildman–Crippen LogP) is 13.3. The van der Waals surface area contributed by atoms with Gasteiger partial charge in [-0.25, -0.2) is 0 Å². The fourth-order valence-corrected chi connectivity index (χ4v) is 8.45. The standard InChI is InChI=1S/C48H36N2O/c1-31-28-35(49(33-14-6-4-7-15-33)36-24-26-39-38-18-10-12-20-42(38)48(2,3)43(39)30-36)23-25-37(31)32-22-27-44-41(29-32)47-46(40-19-11-13-21-45(40)51-47)50(44)34-16-8-5-9-17-34/h4-30H,1-3H3. The third-order valence-corrected chi connectivity index (χ3v) is 10.9. The monoisotopic (exact) mass is 656 g/mol. The van der Waals surface area contributed by atoms with Crippen molar-refractivity contribution in [3.63, 3.8) is 0 Å². The van der Waals surface area contributed by atoms with Crippen LogP contribution >= 0.6 is 0 Å². The topological polar surface area (TPSA) is 21.3 Å². The van der Waals surface area contributed by atoms with Crippen LogP contribution in [0.4, 0.5) is 17.1 Å². The molecule has 1 aliphatic carbocycles. The first-order chi connectivity index (χ1) is 25.0. The highest BCUT2D eigenvalue weighted by molar-refractivity contribution is 6.17. The van der Waals surface area contributed by atoms with Crippen LogP contribution in [-0.2, 0) is 5.41 Å². The Labute approximate surface area is 297 Å². The SMILES string of the molecule is Cc1cc(N(c2ccccc2)c2ccc3c(c2)C(C)(C)c2ccccc2-3)ccc1-c1ccc2c(c1)c1oc3ccccc3c1n2-c1ccccc1. The van der Waals surface area contributed by atoms with E-state index in [-0.39, 0.29) is 5.41 Å². The van der Waals surface area contributed by atoms with E-state index in [1.165, 1.54) is 38.9 Å². The molecule has 2 heterocycles. The van der Waals surface area contributed by atoms with Gasteiger partial charge in [-0.1, -0.05) is 105 Å². The number of hydrogen-bond donors (Lipinski definition) is 0. The minimum atomic E-state index is -0.0760. The van der Waals surface area contributed by atoms with Crippen molar-refractivity contribution in [2.45, 2.75) is 26.2 Å². The van der Waals surface area contributed by atoms with Crippen LogP contribution in [-0.4, -0.2) is 4.57 Å². The van der Waals surface area contributed by atoms with Crippen molar-refractivity contribution in [1.82, 2.24) is 4.57 Å². The highest BCUT2D eigenvalue weighted by atomic mass is 16.3. The molecule has 7 aromatic carbocycles. The maximum absolute atomic E-state index is 6.58. The van der Waals surface area contributed by atoms with Crippen molar-refractivity contribution in [1.29, 1.82) is 0 Å². The number of aryl methyl sites for hydroxylation is 1. The van der Waals surface area contributed by atoms with E-state index in [4.69, 9.17) is 4.42 Å². The average molecular weight is 657 g/mol. The van der Waals surface area contributed by atoms with Crippen LogP contribution < -0.4 is 4.90 Å². The second kappa shape index (κ2) is 11.1. The number of para-hydroxylation sites is 3. The van der Waals surface area contributed by atoms with Crippen LogP contribution in [0.25, 0.3) is 60.9 Å². The van der Waals surface area contributed by atoms with Gasteiger partial charge in [-0.3, -0.25) is 0 Å². The molecule has 9 aromatic rings. The van der Waals surface area contributed by atoms with Gasteiger partial charge < -0.3 is 13.9 Å². The number of nitrogens with zero attached hydrogens (tertiary/aromatic N) is 2. The van der Waals surface area contributed by atoms with Gasteiger partial charge in [-0.15, -0.1) is 0 Å². The number of hydrogen-bond acceptors (Lipinski definition) is 2. The lowest BCUT2D eigenvalue weighted by atomic mass is 9.82. The molecule has 0 N–H and O–H groups in total. The molecule has 0 aliphatic heterocycles. The number of anilines is 3. The van der Waals surface area contributed by atoms with Crippen molar-refractivity contribution < 1.29 is 4.42 Å². The normalized spacial score (nSPS) is 13.2. The van der Waals surface area contributed by atoms with Gasteiger partial charge in [0.2, 0.25) is 0 Å². The Morgan fingerprint density at radius 3 is 2.00 bits per heavy atom. The maximum atomic E-state index is 6.58. The number of benzene rings is 7. The van der Waals surface area contributed by atoms with E-state index in [2.05, 4.69) is 188 Å². The van der Waals surface area contributed by atoms with Crippen molar-refractivity contribution >= 4 is 50.0 Å². The van der Waals surface area contributed by atoms with Crippen molar-refractivity contribution in [3.05, 3.63) is 180 Å². The second-order valence-corrected chi connectivity index (χ2v) is 14.2. The van der Waals surface area contributed by atoms with Gasteiger partial charge in [-0.2, -0.15) is 0 Å². The van der Waals surface area contributed by atoms with Crippen LogP contribution in [0.1, 0.15) is 30.5 Å². The van der Waals surface area contributed by atoms with Gasteiger partial charge in [0.25, 0.3) is 0 Å². The molecule has 3 nitrogen and oxygen atoms in total. The highest BCUT2D eigenvalue weighted by Gasteiger charge is 2.35. The van der Waals surface area contributed by atoms with E-state index in [9.17, 15) is 0 Å². The molecule has 10 rings (SSSR count). The first-order valence-corrected chi connectivity index (χ1v) is 17.7. The van der Waals surface area contributed by atoms with Gasteiger partial charge >= 0.3 is 0 Å². The summed E-state index contributed by atoms with van der Waals surface area (Å²) in [5.74, 6) is 0. The molecule has 0 radical (unpaired) electrons. The zero-order valence-electron chi connectivity index (χ0n) is 28.9. The Morgan fingerprint density at radius 1 is 0.529 bits per heavy atom. The van der Waals surface area contributed by atoms with Crippen LogP contribution in [0, 0.1) is 6.92 Å². The summed E-state index contributed by atoms with van der Waals surface area (Å²) in [5, 5.41) is 2.23. The van der Waals surface area contributed by atoms with Crippen LogP contribution in [0.15, 0.2) is 168 Å². The fraction of sp³-hybridized carbons (Fsp3) is 0.0833. The van der Waals surface area contributed by atoms with Crippen molar-refractivity contribution in [2.75, 3.05) is 4.90 Å².